The molecule has 1 aromatic carbocycles. The number of thioether (sulfide) groups is 2. The van der Waals surface area contributed by atoms with Crippen LogP contribution in [0.4, 0.5) is 0 Å². The second-order valence-electron chi connectivity index (χ2n) is 5.48. The number of aromatic nitrogens is 5. The number of rotatable bonds is 6. The fourth-order valence-electron chi connectivity index (χ4n) is 2.35. The van der Waals surface area contributed by atoms with E-state index in [1.165, 1.54) is 16.1 Å². The standard InChI is InChI=1S/C18H15N5OS2/c24-16-10-14(12-25-15-8-4-5-9-19-15)20-17-21-18(22-23(16)17)26-11-13-6-2-1-3-7-13/h1-10H,11-12H2,(H,20,21,22). The first kappa shape index (κ1) is 16.9. The Hall–Kier alpha value is -2.58. The van der Waals surface area contributed by atoms with Crippen molar-refractivity contribution in [3.63, 3.8) is 0 Å². The second-order valence-corrected chi connectivity index (χ2v) is 7.44. The molecule has 0 aliphatic carbocycles. The average Bonchev–Trinajstić information content (AvgIpc) is 3.10. The Kier molecular flexibility index (Phi) is 5.03. The second kappa shape index (κ2) is 7.76. The van der Waals surface area contributed by atoms with Crippen LogP contribution < -0.4 is 5.56 Å². The molecule has 3 aromatic heterocycles. The zero-order valence-corrected chi connectivity index (χ0v) is 15.3. The molecule has 0 aliphatic rings. The Morgan fingerprint density at radius 1 is 0.962 bits per heavy atom. The molecular weight excluding hydrogens is 366 g/mol. The minimum Gasteiger partial charge on any atom is -0.267 e. The lowest BCUT2D eigenvalue weighted by Gasteiger charge is -2.00. The largest absolute Gasteiger partial charge is 0.274 e. The highest BCUT2D eigenvalue weighted by Crippen LogP contribution is 2.21. The highest BCUT2D eigenvalue weighted by Gasteiger charge is 2.09. The normalized spacial score (nSPS) is 11.1. The quantitative estimate of drug-likeness (QED) is 0.516. The van der Waals surface area contributed by atoms with Gasteiger partial charge >= 0.3 is 0 Å². The van der Waals surface area contributed by atoms with Gasteiger partial charge in [-0.15, -0.1) is 11.8 Å². The first-order valence-electron chi connectivity index (χ1n) is 7.97. The van der Waals surface area contributed by atoms with E-state index in [2.05, 4.69) is 32.2 Å². The molecule has 1 N–H and O–H groups in total. The number of nitrogens with zero attached hydrogens (tertiary/aromatic N) is 4. The zero-order chi connectivity index (χ0) is 17.8. The number of nitrogens with one attached hydrogen (secondary N) is 1. The predicted molar refractivity (Wildman–Crippen MR) is 103 cm³/mol. The molecule has 0 radical (unpaired) electrons. The average molecular weight is 381 g/mol. The van der Waals surface area contributed by atoms with Gasteiger partial charge in [-0.3, -0.25) is 9.89 Å². The molecule has 0 fully saturated rings. The van der Waals surface area contributed by atoms with Crippen LogP contribution >= 0.6 is 23.5 Å². The van der Waals surface area contributed by atoms with Crippen LogP contribution in [0.25, 0.3) is 5.78 Å². The van der Waals surface area contributed by atoms with E-state index in [9.17, 15) is 4.79 Å². The van der Waals surface area contributed by atoms with Crippen LogP contribution in [0.3, 0.4) is 0 Å². The molecule has 0 saturated carbocycles. The molecule has 8 heteroatoms. The Morgan fingerprint density at radius 2 is 1.81 bits per heavy atom. The molecule has 0 bridgehead atoms. The topological polar surface area (TPSA) is 75.9 Å². The number of benzene rings is 1. The van der Waals surface area contributed by atoms with Crippen LogP contribution in [0.2, 0.25) is 0 Å². The summed E-state index contributed by atoms with van der Waals surface area (Å²) in [6, 6.07) is 17.4. The molecule has 0 spiro atoms. The molecule has 0 amide bonds. The molecular formula is C18H15N5OS2. The van der Waals surface area contributed by atoms with Gasteiger partial charge in [-0.25, -0.2) is 9.97 Å². The minimum absolute atomic E-state index is 0.161. The van der Waals surface area contributed by atoms with E-state index < -0.39 is 0 Å². The van der Waals surface area contributed by atoms with Gasteiger partial charge in [0.25, 0.3) is 11.3 Å². The van der Waals surface area contributed by atoms with E-state index in [-0.39, 0.29) is 5.56 Å². The maximum atomic E-state index is 12.3. The van der Waals surface area contributed by atoms with Gasteiger partial charge in [-0.1, -0.05) is 48.2 Å². The minimum atomic E-state index is -0.161. The molecule has 26 heavy (non-hydrogen) atoms. The number of fused-ring (bicyclic) bond motifs is 1. The van der Waals surface area contributed by atoms with Gasteiger partial charge in [-0.05, 0) is 17.7 Å². The van der Waals surface area contributed by atoms with Gasteiger partial charge in [0.2, 0.25) is 0 Å². The summed E-state index contributed by atoms with van der Waals surface area (Å²) in [5.41, 5.74) is 1.73. The van der Waals surface area contributed by atoms with Gasteiger partial charge in [0.05, 0.1) is 10.7 Å². The van der Waals surface area contributed by atoms with Crippen LogP contribution in [-0.4, -0.2) is 24.6 Å². The molecule has 4 aromatic rings. The Balaban J connectivity index is 1.50. The molecule has 3 heterocycles. The summed E-state index contributed by atoms with van der Waals surface area (Å²) in [6.07, 6.45) is 1.75. The molecule has 6 nitrogen and oxygen atoms in total. The van der Waals surface area contributed by atoms with Gasteiger partial charge in [0.15, 0.2) is 5.16 Å². The van der Waals surface area contributed by atoms with E-state index in [0.717, 1.165) is 10.8 Å². The lowest BCUT2D eigenvalue weighted by Crippen LogP contribution is -2.15. The first-order valence-corrected chi connectivity index (χ1v) is 9.94. The van der Waals surface area contributed by atoms with Crippen molar-refractivity contribution in [1.29, 1.82) is 0 Å². The van der Waals surface area contributed by atoms with E-state index in [0.29, 0.717) is 22.4 Å². The van der Waals surface area contributed by atoms with Crippen molar-refractivity contribution in [3.05, 3.63) is 82.4 Å². The Bertz CT molecular complexity index is 1060. The van der Waals surface area contributed by atoms with E-state index in [1.54, 1.807) is 29.7 Å². The van der Waals surface area contributed by atoms with Crippen molar-refractivity contribution in [2.24, 2.45) is 0 Å². The number of pyridine rings is 1. The lowest BCUT2D eigenvalue weighted by atomic mass is 10.2. The van der Waals surface area contributed by atoms with Crippen LogP contribution in [0.1, 0.15) is 11.3 Å². The Morgan fingerprint density at radius 3 is 2.62 bits per heavy atom. The van der Waals surface area contributed by atoms with Crippen LogP contribution in [0.15, 0.2) is 75.8 Å². The SMILES string of the molecule is O=c1cc(CSc2ccccn2)nc2nc(SCc3ccccc3)[nH]n12. The van der Waals surface area contributed by atoms with Gasteiger partial charge in [-0.2, -0.15) is 9.50 Å². The van der Waals surface area contributed by atoms with Gasteiger partial charge < -0.3 is 0 Å². The molecule has 4 rings (SSSR count). The van der Waals surface area contributed by atoms with Crippen molar-refractivity contribution in [2.45, 2.75) is 21.7 Å². The maximum absolute atomic E-state index is 12.3. The Labute approximate surface area is 158 Å². The summed E-state index contributed by atoms with van der Waals surface area (Å²) in [5.74, 6) is 1.74. The number of H-pyrrole nitrogens is 1. The summed E-state index contributed by atoms with van der Waals surface area (Å²) in [4.78, 5) is 25.5. The monoisotopic (exact) mass is 381 g/mol. The first-order chi connectivity index (χ1) is 12.8. The van der Waals surface area contributed by atoms with Gasteiger partial charge in [0, 0.05) is 23.8 Å². The smallest absolute Gasteiger partial charge is 0.267 e. The van der Waals surface area contributed by atoms with E-state index >= 15 is 0 Å². The van der Waals surface area contributed by atoms with Gasteiger partial charge in [0.1, 0.15) is 0 Å². The third-order valence-electron chi connectivity index (χ3n) is 3.59. The summed E-state index contributed by atoms with van der Waals surface area (Å²) in [5, 5.41) is 4.58. The third-order valence-corrected chi connectivity index (χ3v) is 5.50. The molecule has 0 atom stereocenters. The summed E-state index contributed by atoms with van der Waals surface area (Å²) < 4.78 is 1.38. The highest BCUT2D eigenvalue weighted by atomic mass is 32.2. The van der Waals surface area contributed by atoms with Crippen LogP contribution in [-0.2, 0) is 11.5 Å². The van der Waals surface area contributed by atoms with Crippen molar-refractivity contribution < 1.29 is 0 Å². The maximum Gasteiger partial charge on any atom is 0.274 e. The fraction of sp³-hybridized carbons (Fsp3) is 0.111. The molecule has 0 unspecified atom stereocenters. The summed E-state index contributed by atoms with van der Waals surface area (Å²) in [6.45, 7) is 0. The number of hydrogen-bond donors (Lipinski definition) is 1. The van der Waals surface area contributed by atoms with Crippen molar-refractivity contribution in [2.75, 3.05) is 0 Å². The summed E-state index contributed by atoms with van der Waals surface area (Å²) in [7, 11) is 0. The van der Waals surface area contributed by atoms with Crippen LogP contribution in [0, 0.1) is 0 Å². The predicted octanol–water partition coefficient (Wildman–Crippen LogP) is 3.40. The van der Waals surface area contributed by atoms with E-state index in [1.807, 2.05) is 36.4 Å². The zero-order valence-electron chi connectivity index (χ0n) is 13.7. The number of aromatic amines is 1. The van der Waals surface area contributed by atoms with E-state index in [4.69, 9.17) is 0 Å². The van der Waals surface area contributed by atoms with Crippen molar-refractivity contribution in [3.8, 4) is 0 Å². The van der Waals surface area contributed by atoms with Crippen molar-refractivity contribution >= 4 is 29.3 Å². The molecule has 130 valence electrons. The lowest BCUT2D eigenvalue weighted by molar-refractivity contribution is 0.844. The number of hydrogen-bond acceptors (Lipinski definition) is 6. The molecule has 0 saturated heterocycles. The fourth-order valence-corrected chi connectivity index (χ4v) is 3.90. The highest BCUT2D eigenvalue weighted by molar-refractivity contribution is 7.98. The van der Waals surface area contributed by atoms with Crippen molar-refractivity contribution in [1.82, 2.24) is 24.6 Å². The third kappa shape index (κ3) is 3.97. The van der Waals surface area contributed by atoms with Crippen LogP contribution in [0.5, 0.6) is 0 Å². The molecule has 0 aliphatic heterocycles. The summed E-state index contributed by atoms with van der Waals surface area (Å²) >= 11 is 3.08.